The molecule has 6 heteroatoms. The Balaban J connectivity index is 2.99. The van der Waals surface area contributed by atoms with E-state index in [9.17, 15) is 13.2 Å². The molecule has 0 rings (SSSR count). The number of alkyl halides is 3. The maximum Gasteiger partial charge on any atom is 0.389 e. The monoisotopic (exact) mass is 228 g/mol. The van der Waals surface area contributed by atoms with E-state index in [-0.39, 0.29) is 6.42 Å². The van der Waals surface area contributed by atoms with E-state index >= 15 is 0 Å². The average Bonchev–Trinajstić information content (AvgIpc) is 2.14. The van der Waals surface area contributed by atoms with Gasteiger partial charge in [-0.05, 0) is 19.4 Å². The van der Waals surface area contributed by atoms with Crippen LogP contribution < -0.4 is 11.1 Å². The number of ether oxygens (including phenoxy) is 1. The van der Waals surface area contributed by atoms with E-state index in [0.29, 0.717) is 39.3 Å². The van der Waals surface area contributed by atoms with Crippen molar-refractivity contribution in [2.24, 2.45) is 5.73 Å². The molecule has 0 aromatic rings. The number of halogens is 3. The summed E-state index contributed by atoms with van der Waals surface area (Å²) in [5.41, 5.74) is 5.20. The van der Waals surface area contributed by atoms with E-state index in [1.165, 1.54) is 0 Å². The summed E-state index contributed by atoms with van der Waals surface area (Å²) in [7, 11) is 0. The molecule has 0 heterocycles. The van der Waals surface area contributed by atoms with E-state index in [2.05, 4.69) is 5.32 Å². The Morgan fingerprint density at radius 3 is 2.40 bits per heavy atom. The molecular weight excluding hydrogens is 209 g/mol. The Labute approximate surface area is 88.2 Å². The van der Waals surface area contributed by atoms with Crippen LogP contribution in [0.5, 0.6) is 0 Å². The van der Waals surface area contributed by atoms with Crippen LogP contribution in [0.3, 0.4) is 0 Å². The van der Waals surface area contributed by atoms with Crippen LogP contribution in [0.2, 0.25) is 0 Å². The molecule has 0 aromatic heterocycles. The second-order valence-electron chi connectivity index (χ2n) is 3.22. The maximum absolute atomic E-state index is 11.7. The van der Waals surface area contributed by atoms with Crippen LogP contribution in [-0.4, -0.2) is 39.0 Å². The highest BCUT2D eigenvalue weighted by Gasteiger charge is 2.25. The number of hydrogen-bond donors (Lipinski definition) is 2. The zero-order valence-electron chi connectivity index (χ0n) is 8.78. The second-order valence-corrected chi connectivity index (χ2v) is 3.22. The van der Waals surface area contributed by atoms with Gasteiger partial charge in [-0.1, -0.05) is 0 Å². The molecule has 0 amide bonds. The van der Waals surface area contributed by atoms with Crippen LogP contribution >= 0.6 is 0 Å². The smallest absolute Gasteiger partial charge is 0.379 e. The fourth-order valence-electron chi connectivity index (χ4n) is 1.03. The summed E-state index contributed by atoms with van der Waals surface area (Å²) >= 11 is 0. The summed E-state index contributed by atoms with van der Waals surface area (Å²) in [6.07, 6.45) is -4.00. The Morgan fingerprint density at radius 2 is 1.80 bits per heavy atom. The zero-order valence-corrected chi connectivity index (χ0v) is 8.78. The van der Waals surface area contributed by atoms with Crippen LogP contribution in [0.4, 0.5) is 13.2 Å². The van der Waals surface area contributed by atoms with Crippen LogP contribution in [0.1, 0.15) is 19.3 Å². The second kappa shape index (κ2) is 8.94. The summed E-state index contributed by atoms with van der Waals surface area (Å²) < 4.78 is 40.2. The summed E-state index contributed by atoms with van der Waals surface area (Å²) in [5, 5.41) is 3.00. The summed E-state index contributed by atoms with van der Waals surface area (Å²) in [6.45, 7) is 2.83. The van der Waals surface area contributed by atoms with E-state index < -0.39 is 12.6 Å². The lowest BCUT2D eigenvalue weighted by Gasteiger charge is -2.07. The third-order valence-corrected chi connectivity index (χ3v) is 1.75. The standard InChI is InChI=1S/C9H19F3N2O/c10-9(11,12)3-1-2-5-14-6-8-15-7-4-13/h14H,1-8,13H2. The van der Waals surface area contributed by atoms with E-state index in [1.54, 1.807) is 0 Å². The van der Waals surface area contributed by atoms with Gasteiger partial charge >= 0.3 is 6.18 Å². The first kappa shape index (κ1) is 14.7. The van der Waals surface area contributed by atoms with Gasteiger partial charge in [-0.3, -0.25) is 0 Å². The summed E-state index contributed by atoms with van der Waals surface area (Å²) in [5.74, 6) is 0. The molecule has 0 saturated heterocycles. The number of nitrogens with two attached hydrogens (primary N) is 1. The molecule has 0 aliphatic heterocycles. The normalized spacial score (nSPS) is 12.0. The molecule has 92 valence electrons. The molecule has 0 aromatic carbocycles. The highest BCUT2D eigenvalue weighted by molar-refractivity contribution is 4.53. The van der Waals surface area contributed by atoms with Crippen molar-refractivity contribution >= 4 is 0 Å². The quantitative estimate of drug-likeness (QED) is 0.584. The molecule has 0 bridgehead atoms. The molecule has 0 radical (unpaired) electrons. The molecule has 0 atom stereocenters. The summed E-state index contributed by atoms with van der Waals surface area (Å²) in [6, 6.07) is 0. The van der Waals surface area contributed by atoms with Crippen molar-refractivity contribution in [3.8, 4) is 0 Å². The minimum absolute atomic E-state index is 0.181. The lowest BCUT2D eigenvalue weighted by atomic mass is 10.2. The predicted octanol–water partition coefficient (Wildman–Crippen LogP) is 1.28. The fraction of sp³-hybridized carbons (Fsp3) is 1.00. The van der Waals surface area contributed by atoms with Gasteiger partial charge in [0.1, 0.15) is 0 Å². The maximum atomic E-state index is 11.7. The Hall–Kier alpha value is -0.330. The first-order valence-electron chi connectivity index (χ1n) is 5.11. The fourth-order valence-corrected chi connectivity index (χ4v) is 1.03. The zero-order chi connectivity index (χ0) is 11.6. The highest BCUT2D eigenvalue weighted by atomic mass is 19.4. The minimum Gasteiger partial charge on any atom is -0.379 e. The van der Waals surface area contributed by atoms with Crippen molar-refractivity contribution in [3.05, 3.63) is 0 Å². The van der Waals surface area contributed by atoms with Crippen molar-refractivity contribution in [1.82, 2.24) is 5.32 Å². The Bertz CT molecular complexity index is 142. The van der Waals surface area contributed by atoms with Crippen molar-refractivity contribution in [1.29, 1.82) is 0 Å². The summed E-state index contributed by atoms with van der Waals surface area (Å²) in [4.78, 5) is 0. The number of rotatable bonds is 9. The molecule has 0 unspecified atom stereocenters. The van der Waals surface area contributed by atoms with Crippen molar-refractivity contribution < 1.29 is 17.9 Å². The number of hydrogen-bond acceptors (Lipinski definition) is 3. The third-order valence-electron chi connectivity index (χ3n) is 1.75. The van der Waals surface area contributed by atoms with Gasteiger partial charge in [0.25, 0.3) is 0 Å². The van der Waals surface area contributed by atoms with Gasteiger partial charge in [0, 0.05) is 19.5 Å². The molecule has 0 aliphatic rings. The molecule has 0 aliphatic carbocycles. The van der Waals surface area contributed by atoms with Gasteiger partial charge < -0.3 is 15.8 Å². The minimum atomic E-state index is -4.02. The molecule has 3 nitrogen and oxygen atoms in total. The van der Waals surface area contributed by atoms with E-state index in [4.69, 9.17) is 10.5 Å². The van der Waals surface area contributed by atoms with Gasteiger partial charge in [-0.25, -0.2) is 0 Å². The number of nitrogens with one attached hydrogen (secondary N) is 1. The van der Waals surface area contributed by atoms with Crippen LogP contribution in [0.25, 0.3) is 0 Å². The molecule has 3 N–H and O–H groups in total. The first-order chi connectivity index (χ1) is 7.06. The lowest BCUT2D eigenvalue weighted by molar-refractivity contribution is -0.135. The van der Waals surface area contributed by atoms with Gasteiger partial charge in [0.15, 0.2) is 0 Å². The molecule has 0 saturated carbocycles. The third kappa shape index (κ3) is 13.7. The van der Waals surface area contributed by atoms with Gasteiger partial charge in [0.05, 0.1) is 13.2 Å². The Kier molecular flexibility index (Phi) is 8.74. The molecule has 0 spiro atoms. The largest absolute Gasteiger partial charge is 0.389 e. The number of unbranched alkanes of at least 4 members (excludes halogenated alkanes) is 1. The predicted molar refractivity (Wildman–Crippen MR) is 52.6 cm³/mol. The van der Waals surface area contributed by atoms with Crippen LogP contribution in [-0.2, 0) is 4.74 Å². The highest BCUT2D eigenvalue weighted by Crippen LogP contribution is 2.21. The average molecular weight is 228 g/mol. The Morgan fingerprint density at radius 1 is 1.07 bits per heavy atom. The van der Waals surface area contributed by atoms with E-state index in [1.807, 2.05) is 0 Å². The topological polar surface area (TPSA) is 47.3 Å². The van der Waals surface area contributed by atoms with E-state index in [0.717, 1.165) is 0 Å². The SMILES string of the molecule is NCCOCCNCCCCC(F)(F)F. The van der Waals surface area contributed by atoms with Crippen molar-refractivity contribution in [3.63, 3.8) is 0 Å². The van der Waals surface area contributed by atoms with Gasteiger partial charge in [0.2, 0.25) is 0 Å². The molecule has 0 fully saturated rings. The van der Waals surface area contributed by atoms with Crippen LogP contribution in [0, 0.1) is 0 Å². The lowest BCUT2D eigenvalue weighted by Crippen LogP contribution is -2.22. The van der Waals surface area contributed by atoms with Crippen LogP contribution in [0.15, 0.2) is 0 Å². The molecule has 15 heavy (non-hydrogen) atoms. The first-order valence-corrected chi connectivity index (χ1v) is 5.11. The van der Waals surface area contributed by atoms with Crippen molar-refractivity contribution in [2.45, 2.75) is 25.4 Å². The molecular formula is C9H19F3N2O. The van der Waals surface area contributed by atoms with Gasteiger partial charge in [-0.15, -0.1) is 0 Å². The van der Waals surface area contributed by atoms with Crippen molar-refractivity contribution in [2.75, 3.05) is 32.8 Å². The van der Waals surface area contributed by atoms with Gasteiger partial charge in [-0.2, -0.15) is 13.2 Å².